The van der Waals surface area contributed by atoms with Gasteiger partial charge >= 0.3 is 6.03 Å². The van der Waals surface area contributed by atoms with Gasteiger partial charge in [-0.15, -0.1) is 0 Å². The molecule has 104 valence electrons. The van der Waals surface area contributed by atoms with Crippen molar-refractivity contribution in [3.63, 3.8) is 0 Å². The van der Waals surface area contributed by atoms with Crippen molar-refractivity contribution in [1.82, 2.24) is 10.6 Å². The number of carbonyl (C=O) groups excluding carboxylic acids is 2. The second-order valence-corrected chi connectivity index (χ2v) is 4.21. The zero-order valence-corrected chi connectivity index (χ0v) is 11.1. The van der Waals surface area contributed by atoms with Gasteiger partial charge in [0.1, 0.15) is 0 Å². The van der Waals surface area contributed by atoms with Gasteiger partial charge < -0.3 is 15.8 Å². The lowest BCUT2D eigenvalue weighted by atomic mass is 10.1. The zero-order chi connectivity index (χ0) is 14.3. The summed E-state index contributed by atoms with van der Waals surface area (Å²) >= 11 is 0. The van der Waals surface area contributed by atoms with Gasteiger partial charge in [0.15, 0.2) is 0 Å². The summed E-state index contributed by atoms with van der Waals surface area (Å²) in [6, 6.07) is 6.50. The molecule has 6 nitrogen and oxygen atoms in total. The fraction of sp³-hybridized carbons (Fsp3) is 0.385. The van der Waals surface area contributed by atoms with E-state index < -0.39 is 18.0 Å². The maximum absolute atomic E-state index is 11.4. The molecule has 0 spiro atoms. The molecule has 0 aromatic heterocycles. The third-order valence-corrected chi connectivity index (χ3v) is 2.55. The first kappa shape index (κ1) is 15.1. The van der Waals surface area contributed by atoms with Crippen LogP contribution in [0.15, 0.2) is 24.3 Å². The van der Waals surface area contributed by atoms with E-state index in [-0.39, 0.29) is 0 Å². The average Bonchev–Trinajstić information content (AvgIpc) is 2.36. The number of methoxy groups -OCH3 is 1. The second kappa shape index (κ2) is 7.50. The molecular weight excluding hydrogens is 246 g/mol. The van der Waals surface area contributed by atoms with Crippen LogP contribution in [0.5, 0.6) is 0 Å². The molecule has 6 heteroatoms. The van der Waals surface area contributed by atoms with E-state index in [1.807, 2.05) is 29.6 Å². The van der Waals surface area contributed by atoms with E-state index in [4.69, 9.17) is 10.5 Å². The number of carbonyl (C=O) groups is 2. The summed E-state index contributed by atoms with van der Waals surface area (Å²) in [6.07, 6.45) is 0. The highest BCUT2D eigenvalue weighted by atomic mass is 16.5. The molecule has 0 aliphatic carbocycles. The van der Waals surface area contributed by atoms with E-state index >= 15 is 0 Å². The zero-order valence-electron chi connectivity index (χ0n) is 11.1. The number of urea groups is 1. The van der Waals surface area contributed by atoms with Crippen molar-refractivity contribution in [2.45, 2.75) is 26.1 Å². The summed E-state index contributed by atoms with van der Waals surface area (Å²) in [6.45, 7) is 2.73. The Hall–Kier alpha value is -1.92. The van der Waals surface area contributed by atoms with Crippen LogP contribution >= 0.6 is 0 Å². The fourth-order valence-corrected chi connectivity index (χ4v) is 1.59. The number of hydrogen-bond donors (Lipinski definition) is 3. The van der Waals surface area contributed by atoms with Gasteiger partial charge in [-0.05, 0) is 18.1 Å². The standard InChI is InChI=1S/C13H19N3O3/c1-9(12(17)16-13(14)18)15-7-10-4-3-5-11(6-10)8-19-2/h3-6,9,15H,7-8H2,1-2H3,(H3,14,16,17,18). The Morgan fingerprint density at radius 1 is 1.37 bits per heavy atom. The van der Waals surface area contributed by atoms with Crippen LogP contribution in [0.4, 0.5) is 4.79 Å². The van der Waals surface area contributed by atoms with Crippen LogP contribution in [-0.4, -0.2) is 25.1 Å². The van der Waals surface area contributed by atoms with Crippen LogP contribution in [0.3, 0.4) is 0 Å². The molecular formula is C13H19N3O3. The Morgan fingerprint density at radius 3 is 2.68 bits per heavy atom. The lowest BCUT2D eigenvalue weighted by Gasteiger charge is -2.13. The summed E-state index contributed by atoms with van der Waals surface area (Å²) in [4.78, 5) is 22.0. The van der Waals surface area contributed by atoms with Crippen LogP contribution in [0.1, 0.15) is 18.1 Å². The van der Waals surface area contributed by atoms with Crippen molar-refractivity contribution < 1.29 is 14.3 Å². The van der Waals surface area contributed by atoms with Crippen LogP contribution in [0.2, 0.25) is 0 Å². The lowest BCUT2D eigenvalue weighted by Crippen LogP contribution is -2.46. The topological polar surface area (TPSA) is 93.4 Å². The van der Waals surface area contributed by atoms with E-state index in [1.54, 1.807) is 14.0 Å². The number of amides is 3. The molecule has 1 aromatic carbocycles. The van der Waals surface area contributed by atoms with Gasteiger partial charge in [-0.3, -0.25) is 10.1 Å². The van der Waals surface area contributed by atoms with Gasteiger partial charge in [-0.25, -0.2) is 4.79 Å². The van der Waals surface area contributed by atoms with Gasteiger partial charge in [0.25, 0.3) is 0 Å². The summed E-state index contributed by atoms with van der Waals surface area (Å²) in [7, 11) is 1.64. The molecule has 1 rings (SSSR count). The van der Waals surface area contributed by atoms with Crippen LogP contribution in [-0.2, 0) is 22.7 Å². The van der Waals surface area contributed by atoms with E-state index in [2.05, 4.69) is 5.32 Å². The third kappa shape index (κ3) is 5.50. The van der Waals surface area contributed by atoms with Gasteiger partial charge in [0.05, 0.1) is 12.6 Å². The molecule has 0 radical (unpaired) electrons. The van der Waals surface area contributed by atoms with Gasteiger partial charge in [0.2, 0.25) is 5.91 Å². The first-order valence-electron chi connectivity index (χ1n) is 5.93. The van der Waals surface area contributed by atoms with E-state index in [0.29, 0.717) is 13.2 Å². The summed E-state index contributed by atoms with van der Waals surface area (Å²) in [5.41, 5.74) is 6.98. The van der Waals surface area contributed by atoms with Gasteiger partial charge in [0, 0.05) is 13.7 Å². The van der Waals surface area contributed by atoms with Crippen molar-refractivity contribution >= 4 is 11.9 Å². The van der Waals surface area contributed by atoms with E-state index in [1.165, 1.54) is 0 Å². The van der Waals surface area contributed by atoms with E-state index in [9.17, 15) is 9.59 Å². The smallest absolute Gasteiger partial charge is 0.318 e. The molecule has 0 heterocycles. The number of hydrogen-bond acceptors (Lipinski definition) is 4. The molecule has 0 bridgehead atoms. The fourth-order valence-electron chi connectivity index (χ4n) is 1.59. The maximum Gasteiger partial charge on any atom is 0.318 e. The van der Waals surface area contributed by atoms with Gasteiger partial charge in [-0.1, -0.05) is 24.3 Å². The molecule has 19 heavy (non-hydrogen) atoms. The Balaban J connectivity index is 2.49. The van der Waals surface area contributed by atoms with Gasteiger partial charge in [-0.2, -0.15) is 0 Å². The van der Waals surface area contributed by atoms with Crippen molar-refractivity contribution in [2.24, 2.45) is 5.73 Å². The molecule has 1 atom stereocenters. The molecule has 1 aromatic rings. The molecule has 1 unspecified atom stereocenters. The Morgan fingerprint density at radius 2 is 2.05 bits per heavy atom. The number of benzene rings is 1. The molecule has 0 aliphatic rings. The predicted molar refractivity (Wildman–Crippen MR) is 71.2 cm³/mol. The van der Waals surface area contributed by atoms with Crippen molar-refractivity contribution in [3.05, 3.63) is 35.4 Å². The monoisotopic (exact) mass is 265 g/mol. The highest BCUT2D eigenvalue weighted by Gasteiger charge is 2.13. The molecule has 3 amide bonds. The minimum Gasteiger partial charge on any atom is -0.380 e. The molecule has 4 N–H and O–H groups in total. The summed E-state index contributed by atoms with van der Waals surface area (Å²) < 4.78 is 5.05. The number of nitrogens with two attached hydrogens (primary N) is 1. The molecule has 0 aliphatic heterocycles. The predicted octanol–water partition coefficient (Wildman–Crippen LogP) is 0.506. The maximum atomic E-state index is 11.4. The molecule has 0 saturated heterocycles. The average molecular weight is 265 g/mol. The van der Waals surface area contributed by atoms with E-state index in [0.717, 1.165) is 11.1 Å². The number of primary amides is 1. The minimum absolute atomic E-state index is 0.444. The van der Waals surface area contributed by atoms with Crippen LogP contribution in [0.25, 0.3) is 0 Å². The third-order valence-electron chi connectivity index (χ3n) is 2.55. The quantitative estimate of drug-likeness (QED) is 0.698. The normalized spacial score (nSPS) is 11.9. The summed E-state index contributed by atoms with van der Waals surface area (Å²) in [5, 5.41) is 5.04. The van der Waals surface area contributed by atoms with Crippen molar-refractivity contribution in [3.8, 4) is 0 Å². The van der Waals surface area contributed by atoms with Crippen molar-refractivity contribution in [2.75, 3.05) is 7.11 Å². The highest BCUT2D eigenvalue weighted by molar-refractivity contribution is 5.96. The summed E-state index contributed by atoms with van der Waals surface area (Å²) in [5.74, 6) is -0.444. The first-order chi connectivity index (χ1) is 9.02. The van der Waals surface area contributed by atoms with Crippen molar-refractivity contribution in [1.29, 1.82) is 0 Å². The SMILES string of the molecule is COCc1cccc(CNC(C)C(=O)NC(N)=O)c1. The van der Waals surface area contributed by atoms with Crippen LogP contribution in [0, 0.1) is 0 Å². The number of imide groups is 1. The van der Waals surface area contributed by atoms with Crippen LogP contribution < -0.4 is 16.4 Å². The number of ether oxygens (including phenoxy) is 1. The Kier molecular flexibility index (Phi) is 5.98. The highest BCUT2D eigenvalue weighted by Crippen LogP contribution is 2.06. The largest absolute Gasteiger partial charge is 0.380 e. The molecule has 0 saturated carbocycles. The number of nitrogens with one attached hydrogen (secondary N) is 2. The Labute approximate surface area is 112 Å². The second-order valence-electron chi connectivity index (χ2n) is 4.21. The Bertz CT molecular complexity index is 449. The number of rotatable bonds is 6. The first-order valence-corrected chi connectivity index (χ1v) is 5.93. The lowest BCUT2D eigenvalue weighted by molar-refractivity contribution is -0.121. The molecule has 0 fully saturated rings. The minimum atomic E-state index is -0.847.